The van der Waals surface area contributed by atoms with Crippen molar-refractivity contribution in [3.8, 4) is 22.3 Å². The van der Waals surface area contributed by atoms with Gasteiger partial charge in [-0.2, -0.15) is 0 Å². The SMILES string of the molecule is c1ccc(-c2c3ccccc3c(-c3ccc(N(c4ccccc4)c4ccc(N(c5ccccc5)c5ccccc5)cc4)c4ccccc34)c3ccccc23)cc1. The largest absolute Gasteiger partial charge is 0.311 e. The summed E-state index contributed by atoms with van der Waals surface area (Å²) in [6.07, 6.45) is 0. The van der Waals surface area contributed by atoms with Gasteiger partial charge in [0.2, 0.25) is 0 Å². The Morgan fingerprint density at radius 2 is 0.554 bits per heavy atom. The predicted octanol–water partition coefficient (Wildman–Crippen LogP) is 15.4. The minimum absolute atomic E-state index is 1.09. The molecule has 0 spiro atoms. The molecule has 56 heavy (non-hydrogen) atoms. The molecule has 0 fully saturated rings. The van der Waals surface area contributed by atoms with E-state index in [1.807, 2.05) is 0 Å². The quantitative estimate of drug-likeness (QED) is 0.145. The molecule has 0 radical (unpaired) electrons. The van der Waals surface area contributed by atoms with Crippen molar-refractivity contribution in [3.63, 3.8) is 0 Å². The van der Waals surface area contributed by atoms with E-state index in [1.54, 1.807) is 0 Å². The lowest BCUT2D eigenvalue weighted by Crippen LogP contribution is -2.12. The van der Waals surface area contributed by atoms with E-state index in [-0.39, 0.29) is 0 Å². The summed E-state index contributed by atoms with van der Waals surface area (Å²) >= 11 is 0. The fourth-order valence-corrected chi connectivity index (χ4v) is 8.39. The number of benzene rings is 10. The predicted molar refractivity (Wildman–Crippen MR) is 239 cm³/mol. The third-order valence-electron chi connectivity index (χ3n) is 10.8. The molecular weight excluding hydrogens is 677 g/mol. The van der Waals surface area contributed by atoms with Crippen LogP contribution in [0.1, 0.15) is 0 Å². The zero-order valence-corrected chi connectivity index (χ0v) is 30.8. The Balaban J connectivity index is 1.16. The first kappa shape index (κ1) is 33.2. The Morgan fingerprint density at radius 3 is 1.04 bits per heavy atom. The highest BCUT2D eigenvalue weighted by Gasteiger charge is 2.22. The molecule has 264 valence electrons. The lowest BCUT2D eigenvalue weighted by atomic mass is 9.84. The highest BCUT2D eigenvalue weighted by atomic mass is 15.2. The molecule has 0 aromatic heterocycles. The normalized spacial score (nSPS) is 11.2. The van der Waals surface area contributed by atoms with Crippen LogP contribution in [0.2, 0.25) is 0 Å². The van der Waals surface area contributed by atoms with E-state index < -0.39 is 0 Å². The zero-order valence-electron chi connectivity index (χ0n) is 30.8. The van der Waals surface area contributed by atoms with E-state index in [1.165, 1.54) is 54.6 Å². The number of fused-ring (bicyclic) bond motifs is 3. The monoisotopic (exact) mass is 714 g/mol. The number of nitrogens with zero attached hydrogens (tertiary/aromatic N) is 2. The van der Waals surface area contributed by atoms with Gasteiger partial charge in [0.15, 0.2) is 0 Å². The van der Waals surface area contributed by atoms with Crippen LogP contribution in [0.25, 0.3) is 54.6 Å². The highest BCUT2D eigenvalue weighted by Crippen LogP contribution is 2.48. The first-order valence-corrected chi connectivity index (χ1v) is 19.2. The minimum Gasteiger partial charge on any atom is -0.311 e. The molecule has 0 heterocycles. The van der Waals surface area contributed by atoms with Gasteiger partial charge < -0.3 is 9.80 Å². The van der Waals surface area contributed by atoms with Crippen molar-refractivity contribution in [2.45, 2.75) is 0 Å². The van der Waals surface area contributed by atoms with Crippen LogP contribution in [-0.2, 0) is 0 Å². The van der Waals surface area contributed by atoms with Crippen molar-refractivity contribution in [1.82, 2.24) is 0 Å². The van der Waals surface area contributed by atoms with Crippen molar-refractivity contribution in [2.75, 3.05) is 9.80 Å². The second-order valence-electron chi connectivity index (χ2n) is 14.1. The molecule has 0 saturated heterocycles. The van der Waals surface area contributed by atoms with Crippen LogP contribution < -0.4 is 9.80 Å². The number of rotatable bonds is 8. The third-order valence-corrected chi connectivity index (χ3v) is 10.8. The van der Waals surface area contributed by atoms with Crippen LogP contribution >= 0.6 is 0 Å². The van der Waals surface area contributed by atoms with Gasteiger partial charge in [-0.15, -0.1) is 0 Å². The molecule has 0 amide bonds. The van der Waals surface area contributed by atoms with Crippen LogP contribution in [0, 0.1) is 0 Å². The highest BCUT2D eigenvalue weighted by molar-refractivity contribution is 6.24. The van der Waals surface area contributed by atoms with Crippen LogP contribution in [0.3, 0.4) is 0 Å². The molecule has 0 saturated carbocycles. The van der Waals surface area contributed by atoms with Crippen molar-refractivity contribution in [2.24, 2.45) is 0 Å². The molecule has 0 bridgehead atoms. The maximum absolute atomic E-state index is 2.39. The second-order valence-corrected chi connectivity index (χ2v) is 14.1. The van der Waals surface area contributed by atoms with Crippen LogP contribution in [0.15, 0.2) is 231 Å². The van der Waals surface area contributed by atoms with Gasteiger partial charge in [-0.05, 0) is 116 Å². The first-order chi connectivity index (χ1) is 27.8. The Hall–Kier alpha value is -7.42. The van der Waals surface area contributed by atoms with E-state index >= 15 is 0 Å². The van der Waals surface area contributed by atoms with Crippen molar-refractivity contribution < 1.29 is 0 Å². The van der Waals surface area contributed by atoms with Crippen LogP contribution in [-0.4, -0.2) is 0 Å². The van der Waals surface area contributed by atoms with Gasteiger partial charge in [-0.3, -0.25) is 0 Å². The molecule has 0 aliphatic carbocycles. The third kappa shape index (κ3) is 5.85. The van der Waals surface area contributed by atoms with Gasteiger partial charge in [-0.1, -0.05) is 164 Å². The average molecular weight is 715 g/mol. The van der Waals surface area contributed by atoms with Crippen molar-refractivity contribution in [3.05, 3.63) is 231 Å². The lowest BCUT2D eigenvalue weighted by molar-refractivity contribution is 1.26. The molecule has 10 aromatic rings. The van der Waals surface area contributed by atoms with E-state index in [2.05, 4.69) is 240 Å². The Morgan fingerprint density at radius 1 is 0.214 bits per heavy atom. The topological polar surface area (TPSA) is 6.48 Å². The summed E-state index contributed by atoms with van der Waals surface area (Å²) in [6.45, 7) is 0. The number of hydrogen-bond acceptors (Lipinski definition) is 2. The van der Waals surface area contributed by atoms with Gasteiger partial charge in [0.05, 0.1) is 5.69 Å². The summed E-state index contributed by atoms with van der Waals surface area (Å²) in [5.74, 6) is 0. The van der Waals surface area contributed by atoms with Gasteiger partial charge in [0, 0.05) is 33.8 Å². The first-order valence-electron chi connectivity index (χ1n) is 19.2. The minimum atomic E-state index is 1.09. The number of hydrogen-bond donors (Lipinski definition) is 0. The van der Waals surface area contributed by atoms with Crippen molar-refractivity contribution >= 4 is 66.4 Å². The van der Waals surface area contributed by atoms with Gasteiger partial charge in [-0.25, -0.2) is 0 Å². The van der Waals surface area contributed by atoms with Crippen LogP contribution in [0.5, 0.6) is 0 Å². The van der Waals surface area contributed by atoms with E-state index in [4.69, 9.17) is 0 Å². The molecule has 2 heteroatoms. The molecular formula is C54H38N2. The lowest BCUT2D eigenvalue weighted by Gasteiger charge is -2.29. The summed E-state index contributed by atoms with van der Waals surface area (Å²) in [4.78, 5) is 4.69. The number of para-hydroxylation sites is 3. The smallest absolute Gasteiger partial charge is 0.0540 e. The molecule has 10 aromatic carbocycles. The van der Waals surface area contributed by atoms with Gasteiger partial charge in [0.1, 0.15) is 0 Å². The van der Waals surface area contributed by atoms with Crippen LogP contribution in [0.4, 0.5) is 34.1 Å². The zero-order chi connectivity index (χ0) is 37.3. The average Bonchev–Trinajstić information content (AvgIpc) is 3.28. The van der Waals surface area contributed by atoms with E-state index in [0.717, 1.165) is 34.1 Å². The second kappa shape index (κ2) is 14.4. The summed E-state index contributed by atoms with van der Waals surface area (Å²) in [6, 6.07) is 82.9. The maximum atomic E-state index is 2.39. The van der Waals surface area contributed by atoms with Gasteiger partial charge >= 0.3 is 0 Å². The van der Waals surface area contributed by atoms with Crippen molar-refractivity contribution in [1.29, 1.82) is 0 Å². The Kier molecular flexibility index (Phi) is 8.55. The molecule has 0 atom stereocenters. The summed E-state index contributed by atoms with van der Waals surface area (Å²) in [5.41, 5.74) is 11.6. The van der Waals surface area contributed by atoms with Gasteiger partial charge in [0.25, 0.3) is 0 Å². The number of anilines is 6. The summed E-state index contributed by atoms with van der Waals surface area (Å²) in [7, 11) is 0. The molecule has 0 N–H and O–H groups in total. The Bertz CT molecular complexity index is 2850. The molecule has 0 unspecified atom stereocenters. The molecule has 10 rings (SSSR count). The van der Waals surface area contributed by atoms with E-state index in [9.17, 15) is 0 Å². The maximum Gasteiger partial charge on any atom is 0.0540 e. The fourth-order valence-electron chi connectivity index (χ4n) is 8.39. The standard InChI is InChI=1S/C54H38N2/c1-5-19-39(20-6-1)53-47-29-15-17-31-49(47)54(50-32-18-16-30-48(50)53)51-37-38-52(46-28-14-13-27-45(46)51)56(42-25-11-4-12-26-42)44-35-33-43(34-36-44)55(40-21-7-2-8-22-40)41-23-9-3-10-24-41/h1-38H. The molecule has 0 aliphatic heterocycles. The summed E-state index contributed by atoms with van der Waals surface area (Å²) < 4.78 is 0. The summed E-state index contributed by atoms with van der Waals surface area (Å²) in [5, 5.41) is 7.41. The van der Waals surface area contributed by atoms with E-state index in [0.29, 0.717) is 0 Å². The molecule has 0 aliphatic rings. The fraction of sp³-hybridized carbons (Fsp3) is 0. The Labute approximate surface area is 327 Å². The molecule has 2 nitrogen and oxygen atoms in total.